The van der Waals surface area contributed by atoms with Crippen molar-refractivity contribution in [2.75, 3.05) is 19.0 Å². The molecule has 0 spiro atoms. The molecule has 0 aliphatic heterocycles. The molecule has 1 fully saturated rings. The first-order valence-corrected chi connectivity index (χ1v) is 11.4. The molecule has 3 N–H and O–H groups in total. The van der Waals surface area contributed by atoms with Crippen LogP contribution in [-0.2, 0) is 4.79 Å². The molecule has 172 valence electrons. The molecule has 32 heavy (non-hydrogen) atoms. The number of amides is 1. The maximum Gasteiger partial charge on any atom is 0.306 e. The van der Waals surface area contributed by atoms with Gasteiger partial charge in [-0.2, -0.15) is 0 Å². The maximum atomic E-state index is 12.6. The van der Waals surface area contributed by atoms with Crippen molar-refractivity contribution >= 4 is 29.2 Å². The molecular weight excluding hydrogens is 428 g/mol. The van der Waals surface area contributed by atoms with Gasteiger partial charge >= 0.3 is 5.97 Å². The van der Waals surface area contributed by atoms with Crippen LogP contribution in [0.15, 0.2) is 36.4 Å². The lowest BCUT2D eigenvalue weighted by molar-refractivity contribution is -0.143. The highest BCUT2D eigenvalue weighted by atomic mass is 35.5. The van der Waals surface area contributed by atoms with E-state index in [1.165, 1.54) is 0 Å². The van der Waals surface area contributed by atoms with Crippen LogP contribution in [0.4, 0.5) is 5.69 Å². The summed E-state index contributed by atoms with van der Waals surface area (Å²) in [4.78, 5) is 23.7. The number of carbonyl (C=O) groups excluding carboxylic acids is 1. The quantitative estimate of drug-likeness (QED) is 0.489. The highest BCUT2D eigenvalue weighted by molar-refractivity contribution is 6.30. The summed E-state index contributed by atoms with van der Waals surface area (Å²) in [5.74, 6) is 0.0498. The van der Waals surface area contributed by atoms with Crippen molar-refractivity contribution < 1.29 is 19.4 Å². The van der Waals surface area contributed by atoms with Crippen molar-refractivity contribution in [2.24, 2.45) is 11.8 Å². The Morgan fingerprint density at radius 3 is 2.50 bits per heavy atom. The van der Waals surface area contributed by atoms with Gasteiger partial charge in [-0.1, -0.05) is 11.6 Å². The van der Waals surface area contributed by atoms with Gasteiger partial charge in [0, 0.05) is 28.4 Å². The largest absolute Gasteiger partial charge is 0.496 e. The molecule has 1 aliphatic carbocycles. The van der Waals surface area contributed by atoms with E-state index < -0.39 is 5.97 Å². The maximum absolute atomic E-state index is 12.6. The monoisotopic (exact) mass is 458 g/mol. The Hall–Kier alpha value is -2.73. The first kappa shape index (κ1) is 23.9. The summed E-state index contributed by atoms with van der Waals surface area (Å²) in [6.45, 7) is 4.58. The number of anilines is 1. The second kappa shape index (κ2) is 10.7. The fourth-order valence-corrected chi connectivity index (χ4v) is 4.45. The van der Waals surface area contributed by atoms with Gasteiger partial charge in [-0.3, -0.25) is 9.59 Å². The summed E-state index contributed by atoms with van der Waals surface area (Å²) in [6, 6.07) is 11.1. The van der Waals surface area contributed by atoms with E-state index in [-0.39, 0.29) is 17.9 Å². The van der Waals surface area contributed by atoms with Crippen LogP contribution in [0.1, 0.15) is 60.1 Å². The third-order valence-corrected chi connectivity index (χ3v) is 6.50. The number of hydrogen-bond acceptors (Lipinski definition) is 4. The van der Waals surface area contributed by atoms with Gasteiger partial charge in [0.05, 0.1) is 19.1 Å². The molecule has 2 aromatic rings. The number of carboxylic acid groups (broad SMARTS) is 1. The summed E-state index contributed by atoms with van der Waals surface area (Å²) in [5.41, 5.74) is 3.47. The number of methoxy groups -OCH3 is 1. The molecule has 3 rings (SSSR count). The van der Waals surface area contributed by atoms with E-state index in [1.807, 2.05) is 44.2 Å². The lowest BCUT2D eigenvalue weighted by Gasteiger charge is -2.26. The highest BCUT2D eigenvalue weighted by Gasteiger charge is 2.26. The lowest BCUT2D eigenvalue weighted by atomic mass is 9.82. The van der Waals surface area contributed by atoms with Crippen LogP contribution in [-0.4, -0.2) is 30.6 Å². The zero-order chi connectivity index (χ0) is 23.3. The lowest BCUT2D eigenvalue weighted by Crippen LogP contribution is -2.32. The van der Waals surface area contributed by atoms with Gasteiger partial charge in [-0.05, 0) is 87.4 Å². The molecule has 6 nitrogen and oxygen atoms in total. The Kier molecular flexibility index (Phi) is 8.02. The molecule has 1 amide bonds. The second-order valence-corrected chi connectivity index (χ2v) is 8.98. The number of aliphatic carboxylic acids is 1. The average Bonchev–Trinajstić information content (AvgIpc) is 2.78. The molecule has 1 atom stereocenters. The van der Waals surface area contributed by atoms with Crippen molar-refractivity contribution in [3.05, 3.63) is 58.1 Å². The number of halogens is 1. The molecule has 2 aromatic carbocycles. The van der Waals surface area contributed by atoms with Gasteiger partial charge in [0.25, 0.3) is 5.91 Å². The molecule has 1 unspecified atom stereocenters. The summed E-state index contributed by atoms with van der Waals surface area (Å²) in [7, 11) is 1.63. The highest BCUT2D eigenvalue weighted by Crippen LogP contribution is 2.32. The molecule has 1 saturated carbocycles. The number of rotatable bonds is 8. The minimum atomic E-state index is -0.709. The second-order valence-electron chi connectivity index (χ2n) is 8.55. The van der Waals surface area contributed by atoms with E-state index in [2.05, 4.69) is 10.6 Å². The zero-order valence-corrected chi connectivity index (χ0v) is 19.5. The molecule has 0 bridgehead atoms. The number of benzene rings is 2. The Bertz CT molecular complexity index is 970. The van der Waals surface area contributed by atoms with Crippen LogP contribution in [0.5, 0.6) is 5.75 Å². The van der Waals surface area contributed by atoms with Crippen LogP contribution in [0.3, 0.4) is 0 Å². The summed E-state index contributed by atoms with van der Waals surface area (Å²) < 4.78 is 5.45. The smallest absolute Gasteiger partial charge is 0.306 e. The Morgan fingerprint density at radius 1 is 1.16 bits per heavy atom. The Labute approximate surface area is 194 Å². The minimum absolute atomic E-state index is 0.0389. The Morgan fingerprint density at radius 2 is 1.88 bits per heavy atom. The predicted octanol–water partition coefficient (Wildman–Crippen LogP) is 5.45. The van der Waals surface area contributed by atoms with Crippen LogP contribution >= 0.6 is 11.6 Å². The van der Waals surface area contributed by atoms with Gasteiger partial charge in [0.2, 0.25) is 0 Å². The van der Waals surface area contributed by atoms with Crippen LogP contribution < -0.4 is 15.4 Å². The number of nitrogens with one attached hydrogen (secondary N) is 2. The van der Waals surface area contributed by atoms with E-state index >= 15 is 0 Å². The average molecular weight is 459 g/mol. The summed E-state index contributed by atoms with van der Waals surface area (Å²) >= 11 is 6.16. The van der Waals surface area contributed by atoms with Gasteiger partial charge in [0.15, 0.2) is 0 Å². The SMILES string of the molecule is COc1ccc(Cl)cc1C(C)Nc1ccc(C(=O)NCC2CCC(C(=O)O)CC2)cc1C. The molecule has 7 heteroatoms. The normalized spacial score (nSPS) is 19.1. The van der Waals surface area contributed by atoms with E-state index in [9.17, 15) is 9.59 Å². The molecule has 0 radical (unpaired) electrons. The first-order valence-electron chi connectivity index (χ1n) is 11.0. The summed E-state index contributed by atoms with van der Waals surface area (Å²) in [5, 5.41) is 16.2. The number of ether oxygens (including phenoxy) is 1. The van der Waals surface area contributed by atoms with Crippen molar-refractivity contribution in [2.45, 2.75) is 45.6 Å². The molecule has 1 aliphatic rings. The van der Waals surface area contributed by atoms with Gasteiger partial charge in [-0.25, -0.2) is 0 Å². The third kappa shape index (κ3) is 5.94. The first-order chi connectivity index (χ1) is 15.3. The molecular formula is C25H31ClN2O4. The van der Waals surface area contributed by atoms with Crippen LogP contribution in [0, 0.1) is 18.8 Å². The Balaban J connectivity index is 1.58. The number of aryl methyl sites for hydroxylation is 1. The van der Waals surface area contributed by atoms with Gasteiger partial charge < -0.3 is 20.5 Å². The fourth-order valence-electron chi connectivity index (χ4n) is 4.27. The van der Waals surface area contributed by atoms with Gasteiger partial charge in [0.1, 0.15) is 5.75 Å². The van der Waals surface area contributed by atoms with E-state index in [0.29, 0.717) is 35.9 Å². The predicted molar refractivity (Wildman–Crippen MR) is 127 cm³/mol. The third-order valence-electron chi connectivity index (χ3n) is 6.27. The van der Waals surface area contributed by atoms with E-state index in [4.69, 9.17) is 21.4 Å². The number of hydrogen-bond donors (Lipinski definition) is 3. The molecule has 0 saturated heterocycles. The molecule has 0 aromatic heterocycles. The number of carbonyl (C=O) groups is 2. The zero-order valence-electron chi connectivity index (χ0n) is 18.8. The van der Waals surface area contributed by atoms with Crippen molar-refractivity contribution in [1.82, 2.24) is 5.32 Å². The summed E-state index contributed by atoms with van der Waals surface area (Å²) in [6.07, 6.45) is 3.05. The van der Waals surface area contributed by atoms with Crippen molar-refractivity contribution in [1.29, 1.82) is 0 Å². The van der Waals surface area contributed by atoms with Gasteiger partial charge in [-0.15, -0.1) is 0 Å². The fraction of sp³-hybridized carbons (Fsp3) is 0.440. The topological polar surface area (TPSA) is 87.7 Å². The number of carboxylic acids is 1. The van der Waals surface area contributed by atoms with E-state index in [0.717, 1.165) is 35.4 Å². The van der Waals surface area contributed by atoms with E-state index in [1.54, 1.807) is 13.2 Å². The van der Waals surface area contributed by atoms with Crippen molar-refractivity contribution in [3.8, 4) is 5.75 Å². The molecule has 0 heterocycles. The minimum Gasteiger partial charge on any atom is -0.496 e. The van der Waals surface area contributed by atoms with Crippen LogP contribution in [0.2, 0.25) is 5.02 Å². The van der Waals surface area contributed by atoms with Crippen molar-refractivity contribution in [3.63, 3.8) is 0 Å². The van der Waals surface area contributed by atoms with Crippen LogP contribution in [0.25, 0.3) is 0 Å². The standard InChI is InChI=1S/C25H31ClN2O4/c1-15-12-19(24(29)27-14-17-4-6-18(7-5-17)25(30)31)8-10-22(15)28-16(2)21-13-20(26)9-11-23(21)32-3/h8-13,16-18,28H,4-7,14H2,1-3H3,(H,27,29)(H,30,31).